The molecule has 1 unspecified atom stereocenters. The first-order valence-corrected chi connectivity index (χ1v) is 4.73. The van der Waals surface area contributed by atoms with Gasteiger partial charge in [-0.1, -0.05) is 0 Å². The van der Waals surface area contributed by atoms with Gasteiger partial charge in [0.1, 0.15) is 0 Å². The number of alkyl halides is 1. The molecule has 1 heterocycles. The molecule has 1 radical (unpaired) electrons. The van der Waals surface area contributed by atoms with E-state index in [2.05, 4.69) is 4.90 Å². The maximum Gasteiger partial charge on any atom is 0.0897 e. The molecular weight excluding hydrogens is 157 g/mol. The zero-order valence-electron chi connectivity index (χ0n) is 7.47. The summed E-state index contributed by atoms with van der Waals surface area (Å²) in [5.74, 6) is 0.543. The van der Waals surface area contributed by atoms with Crippen LogP contribution in [0.5, 0.6) is 0 Å². The van der Waals surface area contributed by atoms with Gasteiger partial charge in [0, 0.05) is 13.1 Å². The fourth-order valence-corrected chi connectivity index (χ4v) is 1.79. The Morgan fingerprint density at radius 3 is 3.00 bits per heavy atom. The Hall–Kier alpha value is -0.150. The number of hydrogen-bond donors (Lipinski definition) is 0. The quantitative estimate of drug-likeness (QED) is 0.619. The molecule has 1 atom stereocenters. The maximum atomic E-state index is 12.0. The van der Waals surface area contributed by atoms with Gasteiger partial charge in [0.25, 0.3) is 0 Å². The van der Waals surface area contributed by atoms with E-state index in [1.165, 1.54) is 0 Å². The van der Waals surface area contributed by atoms with Gasteiger partial charge in [-0.05, 0) is 31.7 Å². The molecule has 0 aromatic rings. The second kappa shape index (κ2) is 5.49. The first-order valence-electron chi connectivity index (χ1n) is 4.73. The van der Waals surface area contributed by atoms with Gasteiger partial charge >= 0.3 is 0 Å². The van der Waals surface area contributed by atoms with Crippen LogP contribution in [-0.4, -0.2) is 37.8 Å². The van der Waals surface area contributed by atoms with Crippen LogP contribution < -0.4 is 0 Å². The second-order valence-electron chi connectivity index (χ2n) is 3.49. The van der Waals surface area contributed by atoms with Crippen LogP contribution in [0.25, 0.3) is 0 Å². The molecule has 2 nitrogen and oxygen atoms in total. The molecule has 1 aliphatic heterocycles. The smallest absolute Gasteiger partial charge is 0.0897 e. The van der Waals surface area contributed by atoms with E-state index >= 15 is 0 Å². The monoisotopic (exact) mass is 174 g/mol. The molecule has 0 aliphatic carbocycles. The van der Waals surface area contributed by atoms with Gasteiger partial charge in [0.15, 0.2) is 0 Å². The highest BCUT2D eigenvalue weighted by Gasteiger charge is 2.21. The summed E-state index contributed by atoms with van der Waals surface area (Å²) in [5.41, 5.74) is 0. The van der Waals surface area contributed by atoms with Gasteiger partial charge in [0.2, 0.25) is 0 Å². The highest BCUT2D eigenvalue weighted by molar-refractivity contribution is 4.74. The van der Waals surface area contributed by atoms with Crippen molar-refractivity contribution in [1.29, 1.82) is 0 Å². The molecule has 1 saturated heterocycles. The molecule has 1 fully saturated rings. The molecule has 1 aliphatic rings. The molecule has 0 aromatic heterocycles. The lowest BCUT2D eigenvalue weighted by molar-refractivity contribution is 0.171. The lowest BCUT2D eigenvalue weighted by Gasteiger charge is -2.13. The molecule has 0 saturated carbocycles. The summed E-state index contributed by atoms with van der Waals surface area (Å²) in [6, 6.07) is 0. The minimum Gasteiger partial charge on any atom is -0.303 e. The molecule has 0 amide bonds. The lowest BCUT2D eigenvalue weighted by Crippen LogP contribution is -2.22. The Morgan fingerprint density at radius 1 is 1.50 bits per heavy atom. The molecule has 0 spiro atoms. The summed E-state index contributed by atoms with van der Waals surface area (Å²) in [7, 11) is 0. The third kappa shape index (κ3) is 3.07. The van der Waals surface area contributed by atoms with Crippen molar-refractivity contribution in [3.63, 3.8) is 0 Å². The summed E-state index contributed by atoms with van der Waals surface area (Å²) in [6.45, 7) is 2.80. The average molecular weight is 174 g/mol. The Bertz CT molecular complexity index is 121. The number of halogens is 1. The Kier molecular flexibility index (Phi) is 4.54. The zero-order chi connectivity index (χ0) is 8.81. The second-order valence-corrected chi connectivity index (χ2v) is 3.49. The molecule has 1 rings (SSSR count). The van der Waals surface area contributed by atoms with Crippen LogP contribution in [-0.2, 0) is 5.11 Å². The molecular formula is C9H17FNO. The van der Waals surface area contributed by atoms with Crippen LogP contribution in [0.1, 0.15) is 19.3 Å². The van der Waals surface area contributed by atoms with Crippen LogP contribution in [0.2, 0.25) is 0 Å². The third-order valence-corrected chi connectivity index (χ3v) is 2.51. The molecule has 71 valence electrons. The number of hydrogen-bond acceptors (Lipinski definition) is 1. The normalized spacial score (nSPS) is 25.0. The third-order valence-electron chi connectivity index (χ3n) is 2.51. The zero-order valence-corrected chi connectivity index (χ0v) is 7.47. The molecule has 0 bridgehead atoms. The van der Waals surface area contributed by atoms with Crippen molar-refractivity contribution in [2.24, 2.45) is 5.92 Å². The topological polar surface area (TPSA) is 23.1 Å². The Balaban J connectivity index is 2.08. The number of nitrogens with zero attached hydrogens (tertiary/aromatic N) is 1. The van der Waals surface area contributed by atoms with Crippen molar-refractivity contribution >= 4 is 0 Å². The predicted molar refractivity (Wildman–Crippen MR) is 45.3 cm³/mol. The molecule has 12 heavy (non-hydrogen) atoms. The summed E-state index contributed by atoms with van der Waals surface area (Å²) < 4.78 is 12.0. The van der Waals surface area contributed by atoms with Crippen molar-refractivity contribution in [2.45, 2.75) is 19.3 Å². The number of likely N-dealkylation sites (tertiary alicyclic amines) is 1. The van der Waals surface area contributed by atoms with E-state index in [1.54, 1.807) is 0 Å². The van der Waals surface area contributed by atoms with Gasteiger partial charge in [-0.3, -0.25) is 4.39 Å². The van der Waals surface area contributed by atoms with Crippen molar-refractivity contribution in [2.75, 3.05) is 32.9 Å². The fraction of sp³-hybridized carbons (Fsp3) is 1.00. The highest BCUT2D eigenvalue weighted by Crippen LogP contribution is 2.19. The van der Waals surface area contributed by atoms with Crippen LogP contribution in [0.15, 0.2) is 0 Å². The van der Waals surface area contributed by atoms with E-state index in [-0.39, 0.29) is 13.3 Å². The van der Waals surface area contributed by atoms with Crippen molar-refractivity contribution < 1.29 is 9.50 Å². The summed E-state index contributed by atoms with van der Waals surface area (Å²) in [4.78, 5) is 2.28. The van der Waals surface area contributed by atoms with Gasteiger partial charge in [-0.2, -0.15) is 0 Å². The van der Waals surface area contributed by atoms with Crippen LogP contribution in [0.4, 0.5) is 4.39 Å². The molecule has 3 heteroatoms. The summed E-state index contributed by atoms with van der Waals surface area (Å²) in [6.07, 6.45) is 2.55. The van der Waals surface area contributed by atoms with E-state index in [1.807, 2.05) is 0 Å². The Labute approximate surface area is 73.4 Å². The van der Waals surface area contributed by atoms with Crippen LogP contribution in [0.3, 0.4) is 0 Å². The van der Waals surface area contributed by atoms with E-state index in [4.69, 9.17) is 0 Å². The lowest BCUT2D eigenvalue weighted by atomic mass is 10.1. The highest BCUT2D eigenvalue weighted by atomic mass is 19.1. The average Bonchev–Trinajstić information content (AvgIpc) is 2.50. The van der Waals surface area contributed by atoms with Crippen molar-refractivity contribution in [3.8, 4) is 0 Å². The number of rotatable bonds is 5. The van der Waals surface area contributed by atoms with E-state index < -0.39 is 0 Å². The first kappa shape index (κ1) is 9.93. The van der Waals surface area contributed by atoms with Gasteiger partial charge in [-0.15, -0.1) is 0 Å². The minimum absolute atomic E-state index is 0.0181. The van der Waals surface area contributed by atoms with Gasteiger partial charge in [0.05, 0.1) is 13.3 Å². The van der Waals surface area contributed by atoms with Crippen molar-refractivity contribution in [3.05, 3.63) is 0 Å². The van der Waals surface area contributed by atoms with Crippen LogP contribution in [0, 0.1) is 5.92 Å². The SMILES string of the molecule is [O]CCCN1CCC(CCF)C1. The Morgan fingerprint density at radius 2 is 2.33 bits per heavy atom. The van der Waals surface area contributed by atoms with E-state index in [0.717, 1.165) is 32.5 Å². The predicted octanol–water partition coefficient (Wildman–Crippen LogP) is 1.49. The maximum absolute atomic E-state index is 12.0. The largest absolute Gasteiger partial charge is 0.303 e. The van der Waals surface area contributed by atoms with E-state index in [9.17, 15) is 9.50 Å². The fourth-order valence-electron chi connectivity index (χ4n) is 1.79. The van der Waals surface area contributed by atoms with Gasteiger partial charge < -0.3 is 4.90 Å². The van der Waals surface area contributed by atoms with E-state index in [0.29, 0.717) is 12.3 Å². The molecule has 0 N–H and O–H groups in total. The standard InChI is InChI=1S/C9H17FNO/c10-4-2-9-3-6-11(8-9)5-1-7-12/h9H,1-8H2. The summed E-state index contributed by atoms with van der Waals surface area (Å²) in [5, 5.41) is 10.2. The van der Waals surface area contributed by atoms with Gasteiger partial charge in [-0.25, -0.2) is 5.11 Å². The van der Waals surface area contributed by atoms with Crippen molar-refractivity contribution in [1.82, 2.24) is 4.90 Å². The minimum atomic E-state index is -0.194. The molecule has 0 aromatic carbocycles. The summed E-state index contributed by atoms with van der Waals surface area (Å²) >= 11 is 0. The first-order chi connectivity index (χ1) is 5.86. The van der Waals surface area contributed by atoms with Crippen LogP contribution >= 0.6 is 0 Å².